The molecule has 0 aromatic carbocycles. The molecule has 13 heavy (non-hydrogen) atoms. The summed E-state index contributed by atoms with van der Waals surface area (Å²) in [6, 6.07) is 0. The van der Waals surface area contributed by atoms with E-state index in [-0.39, 0.29) is 0 Å². The molecule has 74 valence electrons. The van der Waals surface area contributed by atoms with E-state index in [4.69, 9.17) is 0 Å². The lowest BCUT2D eigenvalue weighted by atomic mass is 10.5. The van der Waals surface area contributed by atoms with Crippen molar-refractivity contribution < 1.29 is 22.0 Å². The van der Waals surface area contributed by atoms with Crippen LogP contribution >= 0.6 is 0 Å². The van der Waals surface area contributed by atoms with Crippen molar-refractivity contribution in [1.29, 1.82) is 0 Å². The topological polar surface area (TPSA) is 17.8 Å². The van der Waals surface area contributed by atoms with Crippen LogP contribution in [0.15, 0.2) is 12.5 Å². The van der Waals surface area contributed by atoms with Crippen LogP contribution in [0.5, 0.6) is 0 Å². The van der Waals surface area contributed by atoms with E-state index in [0.717, 1.165) is 6.33 Å². The van der Waals surface area contributed by atoms with Crippen LogP contribution in [0.3, 0.4) is 0 Å². The Hall–Kier alpha value is -1.14. The number of imidazole rings is 1. The fourth-order valence-electron chi connectivity index (χ4n) is 0.784. The average Bonchev–Trinajstić information content (AvgIpc) is 2.31. The predicted molar refractivity (Wildman–Crippen MR) is 33.2 cm³/mol. The molecule has 7 heteroatoms. The molecule has 1 rings (SSSR count). The van der Waals surface area contributed by atoms with Gasteiger partial charge in [-0.15, -0.1) is 0 Å². The number of alkyl halides is 5. The first kappa shape index (κ1) is 9.94. The van der Waals surface area contributed by atoms with Crippen LogP contribution in [0.1, 0.15) is 12.1 Å². The molecule has 0 bridgehead atoms. The fourth-order valence-corrected chi connectivity index (χ4v) is 0.784. The Morgan fingerprint density at radius 1 is 1.38 bits per heavy atom. The number of hydrogen-bond acceptors (Lipinski definition) is 1. The maximum Gasteiger partial charge on any atom is 0.406 e. The largest absolute Gasteiger partial charge is 0.406 e. The van der Waals surface area contributed by atoms with Gasteiger partial charge in [0.2, 0.25) is 0 Å². The van der Waals surface area contributed by atoms with Crippen molar-refractivity contribution >= 4 is 0 Å². The Labute approximate surface area is 70.0 Å². The maximum absolute atomic E-state index is 11.9. The van der Waals surface area contributed by atoms with Gasteiger partial charge in [0.1, 0.15) is 12.2 Å². The zero-order chi connectivity index (χ0) is 10.1. The Balaban J connectivity index is 2.70. The van der Waals surface area contributed by atoms with Gasteiger partial charge < -0.3 is 4.57 Å². The zero-order valence-corrected chi connectivity index (χ0v) is 6.22. The Kier molecular flexibility index (Phi) is 2.53. The first-order valence-corrected chi connectivity index (χ1v) is 3.25. The highest BCUT2D eigenvalue weighted by Gasteiger charge is 2.28. The van der Waals surface area contributed by atoms with Gasteiger partial charge in [0.25, 0.3) is 6.43 Å². The van der Waals surface area contributed by atoms with Crippen LogP contribution in [0.2, 0.25) is 0 Å². The lowest BCUT2D eigenvalue weighted by Gasteiger charge is -2.05. The molecule has 0 saturated heterocycles. The van der Waals surface area contributed by atoms with E-state index in [2.05, 4.69) is 4.98 Å². The highest BCUT2D eigenvalue weighted by molar-refractivity contribution is 4.97. The van der Waals surface area contributed by atoms with Crippen LogP contribution in [0.4, 0.5) is 22.0 Å². The summed E-state index contributed by atoms with van der Waals surface area (Å²) in [4.78, 5) is 3.11. The molecule has 0 aliphatic carbocycles. The van der Waals surface area contributed by atoms with Crippen molar-refractivity contribution in [1.82, 2.24) is 9.55 Å². The highest BCUT2D eigenvalue weighted by atomic mass is 19.4. The third-order valence-corrected chi connectivity index (χ3v) is 1.24. The lowest BCUT2D eigenvalue weighted by molar-refractivity contribution is -0.140. The van der Waals surface area contributed by atoms with Crippen molar-refractivity contribution in [2.24, 2.45) is 0 Å². The van der Waals surface area contributed by atoms with Gasteiger partial charge in [-0.1, -0.05) is 0 Å². The van der Waals surface area contributed by atoms with Crippen LogP contribution in [0, 0.1) is 0 Å². The van der Waals surface area contributed by atoms with Crippen molar-refractivity contribution in [2.75, 3.05) is 0 Å². The molecule has 0 amide bonds. The van der Waals surface area contributed by atoms with E-state index in [1.165, 1.54) is 0 Å². The van der Waals surface area contributed by atoms with Gasteiger partial charge in [-0.05, 0) is 0 Å². The molecular formula is C6H5F5N2. The predicted octanol–water partition coefficient (Wildman–Crippen LogP) is 2.38. The number of nitrogens with zero attached hydrogens (tertiary/aromatic N) is 2. The monoisotopic (exact) mass is 200 g/mol. The molecule has 2 nitrogen and oxygen atoms in total. The molecule has 1 heterocycles. The number of hydrogen-bond donors (Lipinski definition) is 0. The molecule has 0 spiro atoms. The first-order chi connectivity index (χ1) is 5.88. The van der Waals surface area contributed by atoms with Gasteiger partial charge in [0, 0.05) is 6.20 Å². The summed E-state index contributed by atoms with van der Waals surface area (Å²) in [7, 11) is 0. The summed E-state index contributed by atoms with van der Waals surface area (Å²) in [6.45, 7) is -1.30. The van der Waals surface area contributed by atoms with Crippen molar-refractivity contribution in [3.05, 3.63) is 18.2 Å². The van der Waals surface area contributed by atoms with E-state index in [0.29, 0.717) is 10.8 Å². The Morgan fingerprint density at radius 2 is 2.00 bits per heavy atom. The van der Waals surface area contributed by atoms with Crippen molar-refractivity contribution in [3.63, 3.8) is 0 Å². The molecule has 0 unspecified atom stereocenters. The Morgan fingerprint density at radius 3 is 2.38 bits per heavy atom. The standard InChI is InChI=1S/C6H5F5N2/c7-5(8)4-1-13(3-12-4)2-6(9,10)11/h1,3,5H,2H2. The lowest BCUT2D eigenvalue weighted by Crippen LogP contribution is -2.16. The SMILES string of the molecule is FC(F)c1cn(CC(F)(F)F)cn1. The van der Waals surface area contributed by atoms with E-state index in [9.17, 15) is 22.0 Å². The van der Waals surface area contributed by atoms with E-state index >= 15 is 0 Å². The van der Waals surface area contributed by atoms with Crippen LogP contribution in [0.25, 0.3) is 0 Å². The maximum atomic E-state index is 11.9. The highest BCUT2D eigenvalue weighted by Crippen LogP contribution is 2.20. The molecule has 0 aliphatic rings. The van der Waals surface area contributed by atoms with E-state index in [1.54, 1.807) is 0 Å². The first-order valence-electron chi connectivity index (χ1n) is 3.25. The summed E-state index contributed by atoms with van der Waals surface area (Å²) in [6.07, 6.45) is -5.85. The molecule has 0 atom stereocenters. The van der Waals surface area contributed by atoms with Crippen LogP contribution < -0.4 is 0 Å². The summed E-state index contributed by atoms with van der Waals surface area (Å²) < 4.78 is 59.4. The zero-order valence-electron chi connectivity index (χ0n) is 6.22. The molecule has 0 fully saturated rings. The fraction of sp³-hybridized carbons (Fsp3) is 0.500. The summed E-state index contributed by atoms with van der Waals surface area (Å²) >= 11 is 0. The van der Waals surface area contributed by atoms with Gasteiger partial charge >= 0.3 is 6.18 Å². The normalized spacial score (nSPS) is 12.5. The van der Waals surface area contributed by atoms with Crippen LogP contribution in [-0.4, -0.2) is 15.7 Å². The van der Waals surface area contributed by atoms with Gasteiger partial charge in [0.15, 0.2) is 0 Å². The molecule has 1 aromatic rings. The van der Waals surface area contributed by atoms with Gasteiger partial charge in [0.05, 0.1) is 6.33 Å². The quantitative estimate of drug-likeness (QED) is 0.670. The minimum absolute atomic E-state index is 0.571. The second-order valence-electron chi connectivity index (χ2n) is 2.39. The average molecular weight is 200 g/mol. The second-order valence-corrected chi connectivity index (χ2v) is 2.39. The van der Waals surface area contributed by atoms with Crippen LogP contribution in [-0.2, 0) is 6.54 Å². The molecule has 0 radical (unpaired) electrons. The van der Waals surface area contributed by atoms with Gasteiger partial charge in [-0.25, -0.2) is 13.8 Å². The third kappa shape index (κ3) is 3.00. The Bertz CT molecular complexity index is 277. The summed E-state index contributed by atoms with van der Waals surface area (Å²) in [5.41, 5.74) is -0.649. The van der Waals surface area contributed by atoms with E-state index < -0.39 is 24.8 Å². The van der Waals surface area contributed by atoms with Gasteiger partial charge in [-0.2, -0.15) is 13.2 Å². The third-order valence-electron chi connectivity index (χ3n) is 1.24. The summed E-state index contributed by atoms with van der Waals surface area (Å²) in [5, 5.41) is 0. The number of rotatable bonds is 2. The molecule has 0 aliphatic heterocycles. The molecule has 0 saturated carbocycles. The number of halogens is 5. The minimum Gasteiger partial charge on any atom is -0.328 e. The second kappa shape index (κ2) is 3.31. The van der Waals surface area contributed by atoms with E-state index in [1.807, 2.05) is 0 Å². The van der Waals surface area contributed by atoms with Crippen molar-refractivity contribution in [2.45, 2.75) is 19.1 Å². The van der Waals surface area contributed by atoms with Gasteiger partial charge in [-0.3, -0.25) is 0 Å². The van der Waals surface area contributed by atoms with Crippen molar-refractivity contribution in [3.8, 4) is 0 Å². The number of aromatic nitrogens is 2. The molecular weight excluding hydrogens is 195 g/mol. The molecule has 0 N–H and O–H groups in total. The molecule has 1 aromatic heterocycles. The smallest absolute Gasteiger partial charge is 0.328 e. The summed E-state index contributed by atoms with van der Waals surface area (Å²) in [5.74, 6) is 0. The minimum atomic E-state index is -4.42.